The van der Waals surface area contributed by atoms with Gasteiger partial charge in [0.2, 0.25) is 5.91 Å². The van der Waals surface area contributed by atoms with Crippen molar-refractivity contribution in [3.63, 3.8) is 0 Å². The van der Waals surface area contributed by atoms with Crippen LogP contribution in [-0.2, 0) is 16.8 Å². The highest BCUT2D eigenvalue weighted by molar-refractivity contribution is 6.30. The van der Waals surface area contributed by atoms with Crippen LogP contribution in [0.2, 0.25) is 5.15 Å². The minimum Gasteiger partial charge on any atom is -0.384 e. The Morgan fingerprint density at radius 2 is 1.94 bits per heavy atom. The van der Waals surface area contributed by atoms with Gasteiger partial charge in [-0.2, -0.15) is 0 Å². The maximum Gasteiger partial charge on any atom is 0.294 e. The molecule has 176 valence electrons. The van der Waals surface area contributed by atoms with Crippen LogP contribution >= 0.6 is 11.6 Å². The molecule has 1 atom stereocenters. The van der Waals surface area contributed by atoms with Crippen molar-refractivity contribution in [3.05, 3.63) is 56.6 Å². The zero-order valence-electron chi connectivity index (χ0n) is 19.1. The number of nitrogen functional groups attached to an aromatic ring is 1. The van der Waals surface area contributed by atoms with Gasteiger partial charge in [-0.05, 0) is 44.1 Å². The summed E-state index contributed by atoms with van der Waals surface area (Å²) in [7, 11) is 0. The van der Waals surface area contributed by atoms with Gasteiger partial charge in [0.05, 0.1) is 5.69 Å². The minimum atomic E-state index is -0.647. The van der Waals surface area contributed by atoms with E-state index in [1.165, 1.54) is 0 Å². The number of halogens is 1. The number of nitrogens with zero attached hydrogens (tertiary/aromatic N) is 2. The van der Waals surface area contributed by atoms with E-state index in [0.717, 1.165) is 37.7 Å². The molecule has 1 aromatic carbocycles. The first kappa shape index (κ1) is 23.3. The predicted molar refractivity (Wildman–Crippen MR) is 130 cm³/mol. The molecule has 4 rings (SSSR count). The molecule has 1 amide bonds. The standard InChI is InChI=1S/C24H31ClN6O2/c1-3-24(4-2)12-17(22(32)28-13-14-8-10-15(11-9-14)20(26)27)31-18(24)19(25)30-21(23(31)33)29-16-6-5-7-16/h8-11,16-17H,3-7,12-13H2,1-2H3,(H3,26,27)(H,28,32)(H,29,30). The maximum atomic E-state index is 13.5. The molecule has 0 spiro atoms. The number of fused-ring (bicyclic) bond motifs is 1. The molecule has 0 bridgehead atoms. The van der Waals surface area contributed by atoms with Crippen molar-refractivity contribution >= 4 is 29.2 Å². The molecular weight excluding hydrogens is 440 g/mol. The summed E-state index contributed by atoms with van der Waals surface area (Å²) in [5.74, 6) is 0.0171. The third-order valence-corrected chi connectivity index (χ3v) is 7.56. The summed E-state index contributed by atoms with van der Waals surface area (Å²) in [6.07, 6.45) is 5.16. The zero-order valence-corrected chi connectivity index (χ0v) is 19.8. The Kier molecular flexibility index (Phi) is 6.47. The van der Waals surface area contributed by atoms with Crippen LogP contribution in [0.1, 0.15) is 75.2 Å². The molecule has 1 fully saturated rings. The number of nitrogens with one attached hydrogen (secondary N) is 3. The van der Waals surface area contributed by atoms with Crippen molar-refractivity contribution in [1.82, 2.24) is 14.9 Å². The number of hydrogen-bond acceptors (Lipinski definition) is 5. The Labute approximate surface area is 198 Å². The van der Waals surface area contributed by atoms with Gasteiger partial charge < -0.3 is 16.4 Å². The predicted octanol–water partition coefficient (Wildman–Crippen LogP) is 3.46. The van der Waals surface area contributed by atoms with Crippen LogP contribution in [0, 0.1) is 5.41 Å². The Balaban J connectivity index is 1.63. The van der Waals surface area contributed by atoms with Gasteiger partial charge in [-0.1, -0.05) is 49.7 Å². The summed E-state index contributed by atoms with van der Waals surface area (Å²) < 4.78 is 1.58. The molecule has 0 saturated heterocycles. The Morgan fingerprint density at radius 3 is 2.48 bits per heavy atom. The number of carbonyl (C=O) groups excluding carboxylic acids is 1. The summed E-state index contributed by atoms with van der Waals surface area (Å²) in [5, 5.41) is 14.0. The van der Waals surface area contributed by atoms with Gasteiger partial charge in [-0.3, -0.25) is 19.6 Å². The highest BCUT2D eigenvalue weighted by atomic mass is 35.5. The van der Waals surface area contributed by atoms with Crippen LogP contribution in [0.25, 0.3) is 0 Å². The average Bonchev–Trinajstić information content (AvgIpc) is 3.14. The monoisotopic (exact) mass is 470 g/mol. The van der Waals surface area contributed by atoms with E-state index in [1.807, 2.05) is 12.1 Å². The first-order valence-electron chi connectivity index (χ1n) is 11.6. The number of carbonyl (C=O) groups is 1. The largest absolute Gasteiger partial charge is 0.384 e. The summed E-state index contributed by atoms with van der Waals surface area (Å²) in [6, 6.07) is 6.75. The van der Waals surface area contributed by atoms with Crippen molar-refractivity contribution in [3.8, 4) is 0 Å². The lowest BCUT2D eigenvalue weighted by molar-refractivity contribution is -0.124. The van der Waals surface area contributed by atoms with Crippen LogP contribution in [-0.4, -0.2) is 27.3 Å². The molecule has 1 unspecified atom stereocenters. The van der Waals surface area contributed by atoms with E-state index in [4.69, 9.17) is 22.7 Å². The van der Waals surface area contributed by atoms with E-state index in [2.05, 4.69) is 29.5 Å². The average molecular weight is 471 g/mol. The lowest BCUT2D eigenvalue weighted by atomic mass is 9.77. The fourth-order valence-corrected chi connectivity index (χ4v) is 5.25. The van der Waals surface area contributed by atoms with E-state index in [9.17, 15) is 9.59 Å². The van der Waals surface area contributed by atoms with Crippen LogP contribution in [0.3, 0.4) is 0 Å². The molecule has 1 aromatic heterocycles. The highest BCUT2D eigenvalue weighted by Crippen LogP contribution is 2.47. The fraction of sp³-hybridized carbons (Fsp3) is 0.500. The SMILES string of the molecule is CCC1(CC)CC(C(=O)NCc2ccc(C(=N)N)cc2)n2c1c(Cl)nc(NC1CCC1)c2=O. The third kappa shape index (κ3) is 4.24. The molecular formula is C24H31ClN6O2. The van der Waals surface area contributed by atoms with Crippen molar-refractivity contribution in [1.29, 1.82) is 5.41 Å². The van der Waals surface area contributed by atoms with E-state index < -0.39 is 6.04 Å². The van der Waals surface area contributed by atoms with E-state index in [0.29, 0.717) is 29.4 Å². The van der Waals surface area contributed by atoms with Gasteiger partial charge in [0, 0.05) is 23.6 Å². The fourth-order valence-electron chi connectivity index (χ4n) is 4.88. The third-order valence-electron chi connectivity index (χ3n) is 7.30. The zero-order chi connectivity index (χ0) is 23.8. The first-order chi connectivity index (χ1) is 15.8. The topological polar surface area (TPSA) is 126 Å². The number of amides is 1. The number of anilines is 1. The lowest BCUT2D eigenvalue weighted by Gasteiger charge is -2.28. The number of amidine groups is 1. The molecule has 2 aromatic rings. The van der Waals surface area contributed by atoms with Crippen LogP contribution < -0.4 is 21.9 Å². The summed E-state index contributed by atoms with van der Waals surface area (Å²) in [5.41, 5.74) is 7.04. The molecule has 2 heterocycles. The van der Waals surface area contributed by atoms with Gasteiger partial charge in [0.15, 0.2) is 11.0 Å². The van der Waals surface area contributed by atoms with Crippen molar-refractivity contribution in [2.75, 3.05) is 5.32 Å². The van der Waals surface area contributed by atoms with Gasteiger partial charge in [0.25, 0.3) is 5.56 Å². The molecule has 8 nitrogen and oxygen atoms in total. The minimum absolute atomic E-state index is 0.000188. The number of aromatic nitrogens is 2. The molecule has 1 aliphatic heterocycles. The molecule has 5 N–H and O–H groups in total. The van der Waals surface area contributed by atoms with E-state index in [1.54, 1.807) is 16.7 Å². The molecule has 1 aliphatic carbocycles. The second-order valence-corrected chi connectivity index (χ2v) is 9.44. The van der Waals surface area contributed by atoms with Gasteiger partial charge >= 0.3 is 0 Å². The van der Waals surface area contributed by atoms with Crippen molar-refractivity contribution < 1.29 is 4.79 Å². The van der Waals surface area contributed by atoms with Gasteiger partial charge in [0.1, 0.15) is 11.9 Å². The highest BCUT2D eigenvalue weighted by Gasteiger charge is 2.47. The molecule has 33 heavy (non-hydrogen) atoms. The van der Waals surface area contributed by atoms with Gasteiger partial charge in [-0.25, -0.2) is 4.98 Å². The molecule has 2 aliphatic rings. The van der Waals surface area contributed by atoms with Crippen molar-refractivity contribution in [2.45, 2.75) is 76.4 Å². The first-order valence-corrected chi connectivity index (χ1v) is 12.0. The summed E-state index contributed by atoms with van der Waals surface area (Å²) in [4.78, 5) is 31.2. The summed E-state index contributed by atoms with van der Waals surface area (Å²) >= 11 is 6.65. The van der Waals surface area contributed by atoms with E-state index in [-0.39, 0.29) is 34.6 Å². The second-order valence-electron chi connectivity index (χ2n) is 9.08. The smallest absolute Gasteiger partial charge is 0.294 e. The molecule has 1 saturated carbocycles. The van der Waals surface area contributed by atoms with Crippen molar-refractivity contribution in [2.24, 2.45) is 5.73 Å². The van der Waals surface area contributed by atoms with E-state index >= 15 is 0 Å². The Hall–Kier alpha value is -2.87. The quantitative estimate of drug-likeness (QED) is 0.347. The second kappa shape index (κ2) is 9.17. The maximum absolute atomic E-state index is 13.5. The number of hydrogen-bond donors (Lipinski definition) is 4. The van der Waals surface area contributed by atoms with Crippen LogP contribution in [0.15, 0.2) is 29.1 Å². The van der Waals surface area contributed by atoms with Crippen LogP contribution in [0.5, 0.6) is 0 Å². The Bertz CT molecular complexity index is 1120. The summed E-state index contributed by atoms with van der Waals surface area (Å²) in [6.45, 7) is 4.44. The number of benzene rings is 1. The van der Waals surface area contributed by atoms with Gasteiger partial charge in [-0.15, -0.1) is 0 Å². The Morgan fingerprint density at radius 1 is 1.27 bits per heavy atom. The normalized spacial score (nSPS) is 18.9. The lowest BCUT2D eigenvalue weighted by Crippen LogP contribution is -2.38. The molecule has 0 radical (unpaired) electrons. The number of nitrogens with two attached hydrogens (primary N) is 1. The number of rotatable bonds is 8. The van der Waals surface area contributed by atoms with Crippen LogP contribution in [0.4, 0.5) is 5.82 Å². The molecule has 9 heteroatoms.